The summed E-state index contributed by atoms with van der Waals surface area (Å²) in [6.07, 6.45) is 1.51. The van der Waals surface area contributed by atoms with Crippen molar-refractivity contribution in [2.75, 3.05) is 55.6 Å². The monoisotopic (exact) mass is 506 g/mol. The summed E-state index contributed by atoms with van der Waals surface area (Å²) >= 11 is 0. The third kappa shape index (κ3) is 5.17. The maximum absolute atomic E-state index is 13.3. The van der Waals surface area contributed by atoms with Gasteiger partial charge in [0.15, 0.2) is 17.2 Å². The van der Waals surface area contributed by atoms with Crippen LogP contribution in [0.2, 0.25) is 0 Å². The molecule has 0 atom stereocenters. The number of methoxy groups -OCH3 is 1. The zero-order chi connectivity index (χ0) is 26.9. The van der Waals surface area contributed by atoms with Crippen molar-refractivity contribution in [2.24, 2.45) is 0 Å². The minimum absolute atomic E-state index is 0.0578. The molecular weight excluding hydrogens is 476 g/mol. The van der Waals surface area contributed by atoms with Crippen LogP contribution in [0, 0.1) is 0 Å². The molecule has 3 heterocycles. The molecule has 3 N–H and O–H groups in total. The van der Waals surface area contributed by atoms with Gasteiger partial charge < -0.3 is 30.3 Å². The molecule has 0 spiro atoms. The van der Waals surface area contributed by atoms with Crippen molar-refractivity contribution in [3.8, 4) is 11.6 Å². The van der Waals surface area contributed by atoms with E-state index in [1.54, 1.807) is 76.3 Å². The lowest BCUT2D eigenvalue weighted by Crippen LogP contribution is -2.51. The van der Waals surface area contributed by atoms with Crippen molar-refractivity contribution in [3.63, 3.8) is 0 Å². The molecule has 0 aliphatic carbocycles. The minimum atomic E-state index is -1.13. The number of nitrogens with two attached hydrogens (primary N) is 1. The lowest BCUT2D eigenvalue weighted by molar-refractivity contribution is -0.132. The number of aromatic nitrogens is 3. The van der Waals surface area contributed by atoms with Gasteiger partial charge in [-0.1, -0.05) is 6.07 Å². The highest BCUT2D eigenvalue weighted by atomic mass is 16.5. The molecule has 1 aliphatic heterocycles. The van der Waals surface area contributed by atoms with E-state index in [1.807, 2.05) is 0 Å². The summed E-state index contributed by atoms with van der Waals surface area (Å²) in [5.41, 5.74) is 6.42. The lowest BCUT2D eigenvalue weighted by atomic mass is 10.0. The van der Waals surface area contributed by atoms with E-state index in [0.717, 1.165) is 0 Å². The van der Waals surface area contributed by atoms with Gasteiger partial charge in [0.05, 0.1) is 25.5 Å². The average molecular weight is 507 g/mol. The van der Waals surface area contributed by atoms with Gasteiger partial charge in [0.1, 0.15) is 11.5 Å². The number of amides is 2. The third-order valence-electron chi connectivity index (χ3n) is 5.71. The Balaban J connectivity index is 1.66. The highest BCUT2D eigenvalue weighted by Gasteiger charge is 2.43. The van der Waals surface area contributed by atoms with E-state index < -0.39 is 5.60 Å². The molecule has 2 aromatic heterocycles. The van der Waals surface area contributed by atoms with Crippen LogP contribution in [0.5, 0.6) is 11.6 Å². The molecule has 37 heavy (non-hydrogen) atoms. The van der Waals surface area contributed by atoms with Gasteiger partial charge in [-0.3, -0.25) is 14.5 Å². The number of hydrogen-bond donors (Lipinski definition) is 2. The normalized spacial score (nSPS) is 13.9. The van der Waals surface area contributed by atoms with Gasteiger partial charge in [-0.2, -0.15) is 9.97 Å². The van der Waals surface area contributed by atoms with Crippen LogP contribution in [0.4, 0.5) is 34.6 Å². The van der Waals surface area contributed by atoms with E-state index in [4.69, 9.17) is 15.2 Å². The second-order valence-corrected chi connectivity index (χ2v) is 9.22. The highest BCUT2D eigenvalue weighted by Crippen LogP contribution is 2.41. The van der Waals surface area contributed by atoms with Crippen LogP contribution in [0.3, 0.4) is 0 Å². The molecule has 12 heteroatoms. The molecule has 2 amide bonds. The number of rotatable bonds is 7. The van der Waals surface area contributed by atoms with Gasteiger partial charge in [-0.15, -0.1) is 0 Å². The Morgan fingerprint density at radius 1 is 1.19 bits per heavy atom. The van der Waals surface area contributed by atoms with Crippen molar-refractivity contribution in [1.29, 1.82) is 0 Å². The fourth-order valence-corrected chi connectivity index (χ4v) is 3.68. The van der Waals surface area contributed by atoms with E-state index in [1.165, 1.54) is 23.1 Å². The number of carbonyl (C=O) groups is 2. The number of nitrogens with one attached hydrogen (secondary N) is 1. The molecule has 194 valence electrons. The summed E-state index contributed by atoms with van der Waals surface area (Å²) in [7, 11) is 6.66. The number of benzene rings is 1. The Labute approximate surface area is 215 Å². The van der Waals surface area contributed by atoms with Gasteiger partial charge in [0, 0.05) is 26.8 Å². The van der Waals surface area contributed by atoms with Crippen molar-refractivity contribution < 1.29 is 19.1 Å². The minimum Gasteiger partial charge on any atom is -0.479 e. The quantitative estimate of drug-likeness (QED) is 0.460. The molecule has 0 saturated heterocycles. The zero-order valence-electron chi connectivity index (χ0n) is 21.6. The van der Waals surface area contributed by atoms with E-state index in [-0.39, 0.29) is 36.0 Å². The van der Waals surface area contributed by atoms with Gasteiger partial charge in [0.2, 0.25) is 17.7 Å². The number of nitrogen functional groups attached to an aromatic ring is 1. The Kier molecular flexibility index (Phi) is 6.75. The van der Waals surface area contributed by atoms with Crippen LogP contribution >= 0.6 is 0 Å². The second-order valence-electron chi connectivity index (χ2n) is 9.22. The summed E-state index contributed by atoms with van der Waals surface area (Å²) in [6, 6.07) is 10.5. The molecule has 3 aromatic rings. The Bertz CT molecular complexity index is 1340. The average Bonchev–Trinajstić information content (AvgIpc) is 2.85. The largest absolute Gasteiger partial charge is 0.479 e. The van der Waals surface area contributed by atoms with E-state index in [9.17, 15) is 9.59 Å². The lowest BCUT2D eigenvalue weighted by Gasteiger charge is -2.37. The molecular formula is C25H30N8O4. The maximum Gasteiger partial charge on any atom is 0.276 e. The van der Waals surface area contributed by atoms with Crippen LogP contribution < -0.4 is 30.3 Å². The Morgan fingerprint density at radius 2 is 1.95 bits per heavy atom. The van der Waals surface area contributed by atoms with Gasteiger partial charge in [0.25, 0.3) is 5.91 Å². The maximum atomic E-state index is 13.3. The fourth-order valence-electron chi connectivity index (χ4n) is 3.68. The molecule has 1 aromatic carbocycles. The third-order valence-corrected chi connectivity index (χ3v) is 5.71. The van der Waals surface area contributed by atoms with Gasteiger partial charge in [-0.05, 0) is 44.2 Å². The van der Waals surface area contributed by atoms with Crippen LogP contribution in [0.1, 0.15) is 13.8 Å². The van der Waals surface area contributed by atoms with E-state index in [0.29, 0.717) is 28.6 Å². The van der Waals surface area contributed by atoms with Gasteiger partial charge in [-0.25, -0.2) is 4.98 Å². The fraction of sp³-hybridized carbons (Fsp3) is 0.320. The molecule has 12 nitrogen and oxygen atoms in total. The highest BCUT2D eigenvalue weighted by molar-refractivity contribution is 6.07. The van der Waals surface area contributed by atoms with Crippen molar-refractivity contribution >= 4 is 46.5 Å². The summed E-state index contributed by atoms with van der Waals surface area (Å²) in [5, 5.41) is 3.10. The topological polar surface area (TPSA) is 139 Å². The van der Waals surface area contributed by atoms with Crippen molar-refractivity contribution in [1.82, 2.24) is 19.9 Å². The first-order valence-electron chi connectivity index (χ1n) is 11.5. The molecule has 0 fully saturated rings. The molecule has 0 bridgehead atoms. The van der Waals surface area contributed by atoms with E-state index >= 15 is 0 Å². The second kappa shape index (κ2) is 9.80. The number of nitrogens with zero attached hydrogens (tertiary/aromatic N) is 6. The van der Waals surface area contributed by atoms with Crippen LogP contribution in [0.15, 0.2) is 42.6 Å². The molecule has 4 rings (SSSR count). The predicted molar refractivity (Wildman–Crippen MR) is 141 cm³/mol. The van der Waals surface area contributed by atoms with Crippen LogP contribution in [0.25, 0.3) is 0 Å². The first kappa shape index (κ1) is 25.5. The molecule has 0 radical (unpaired) electrons. The van der Waals surface area contributed by atoms with Crippen LogP contribution in [-0.2, 0) is 9.59 Å². The number of likely N-dealkylation sites (N-methyl/N-ethyl adjacent to an activating group) is 2. The SMILES string of the molecule is COc1nc(N(C)CC(=O)N(C)C)ccc1Nc1ncc2c(n1)N(c1cccc(N)c1)C(=O)C(C)(C)O2. The summed E-state index contributed by atoms with van der Waals surface area (Å²) in [5.74, 6) is 1.31. The number of pyridine rings is 1. The number of hydrogen-bond acceptors (Lipinski definition) is 10. The standard InChI is InChI=1S/C25H30N8O4/c1-25(2)23(35)33(16-9-7-8-15(26)12-16)21-18(37-25)13-27-24(30-21)28-17-10-11-19(29-22(17)36-6)32(5)14-20(34)31(3)4/h7-13H,14,26H2,1-6H3,(H,27,28,30). The smallest absolute Gasteiger partial charge is 0.276 e. The predicted octanol–water partition coefficient (Wildman–Crippen LogP) is 2.57. The summed E-state index contributed by atoms with van der Waals surface area (Å²) < 4.78 is 11.4. The van der Waals surface area contributed by atoms with Crippen molar-refractivity contribution in [3.05, 3.63) is 42.6 Å². The molecule has 0 unspecified atom stereocenters. The Hall–Kier alpha value is -4.61. The number of anilines is 6. The van der Waals surface area contributed by atoms with E-state index in [2.05, 4.69) is 20.3 Å². The van der Waals surface area contributed by atoms with Crippen LogP contribution in [-0.4, -0.2) is 72.1 Å². The van der Waals surface area contributed by atoms with Gasteiger partial charge >= 0.3 is 0 Å². The zero-order valence-corrected chi connectivity index (χ0v) is 21.6. The summed E-state index contributed by atoms with van der Waals surface area (Å²) in [4.78, 5) is 43.5. The van der Waals surface area contributed by atoms with Crippen molar-refractivity contribution in [2.45, 2.75) is 19.4 Å². The summed E-state index contributed by atoms with van der Waals surface area (Å²) in [6.45, 7) is 3.53. The number of ether oxygens (including phenoxy) is 2. The first-order chi connectivity index (χ1) is 17.5. The number of fused-ring (bicyclic) bond motifs is 1. The Morgan fingerprint density at radius 3 is 2.62 bits per heavy atom. The number of carbonyl (C=O) groups excluding carboxylic acids is 2. The molecule has 1 aliphatic rings. The first-order valence-corrected chi connectivity index (χ1v) is 11.5. The molecule has 0 saturated carbocycles.